The first-order chi connectivity index (χ1) is 14.1. The number of esters is 1. The standard InChI is InChI=1S/C22H44NO6P/c1-7-10-11-12-13-14-17-23-20(24)16-15-19(21(25)29-22(4,5)6)18-30(26,27-8-2)28-9-3/h19H,7-18H2,1-6H3,(H,23,24). The van der Waals surface area contributed by atoms with E-state index >= 15 is 0 Å². The molecule has 0 aromatic heterocycles. The van der Waals surface area contributed by atoms with Crippen molar-refractivity contribution in [1.29, 1.82) is 0 Å². The first kappa shape index (κ1) is 29.1. The average Bonchev–Trinajstić information content (AvgIpc) is 2.63. The van der Waals surface area contributed by atoms with Gasteiger partial charge in [0.2, 0.25) is 5.91 Å². The molecule has 178 valence electrons. The van der Waals surface area contributed by atoms with E-state index in [-0.39, 0.29) is 38.1 Å². The van der Waals surface area contributed by atoms with Crippen LogP contribution in [0.25, 0.3) is 0 Å². The van der Waals surface area contributed by atoms with Gasteiger partial charge in [0, 0.05) is 13.0 Å². The van der Waals surface area contributed by atoms with Gasteiger partial charge < -0.3 is 19.1 Å². The summed E-state index contributed by atoms with van der Waals surface area (Å²) in [6, 6.07) is 0. The fourth-order valence-corrected chi connectivity index (χ4v) is 4.95. The molecule has 30 heavy (non-hydrogen) atoms. The molecule has 1 N–H and O–H groups in total. The summed E-state index contributed by atoms with van der Waals surface area (Å²) in [5, 5.41) is 2.91. The Bertz CT molecular complexity index is 522. The normalized spacial score (nSPS) is 13.1. The van der Waals surface area contributed by atoms with E-state index < -0.39 is 25.1 Å². The number of rotatable bonds is 17. The Morgan fingerprint density at radius 3 is 2.03 bits per heavy atom. The Labute approximate surface area is 183 Å². The molecule has 0 aromatic carbocycles. The molecule has 0 saturated heterocycles. The highest BCUT2D eigenvalue weighted by Crippen LogP contribution is 2.50. The Morgan fingerprint density at radius 1 is 0.933 bits per heavy atom. The van der Waals surface area contributed by atoms with E-state index in [0.717, 1.165) is 12.8 Å². The average molecular weight is 450 g/mol. The van der Waals surface area contributed by atoms with Crippen molar-refractivity contribution in [3.8, 4) is 0 Å². The Hall–Kier alpha value is -0.910. The number of nitrogens with one attached hydrogen (secondary N) is 1. The fraction of sp³-hybridized carbons (Fsp3) is 0.909. The smallest absolute Gasteiger partial charge is 0.331 e. The molecular weight excluding hydrogens is 405 g/mol. The minimum absolute atomic E-state index is 0.0890. The highest BCUT2D eigenvalue weighted by atomic mass is 31.2. The first-order valence-corrected chi connectivity index (χ1v) is 13.2. The van der Waals surface area contributed by atoms with Crippen LogP contribution in [0.3, 0.4) is 0 Å². The van der Waals surface area contributed by atoms with Crippen LogP contribution in [-0.2, 0) is 27.9 Å². The summed E-state index contributed by atoms with van der Waals surface area (Å²) in [5.41, 5.74) is -0.670. The van der Waals surface area contributed by atoms with Crippen LogP contribution < -0.4 is 5.32 Å². The minimum atomic E-state index is -3.43. The van der Waals surface area contributed by atoms with E-state index in [2.05, 4.69) is 12.2 Å². The molecule has 0 radical (unpaired) electrons. The van der Waals surface area contributed by atoms with Crippen molar-refractivity contribution in [2.24, 2.45) is 5.92 Å². The van der Waals surface area contributed by atoms with E-state index in [1.807, 2.05) is 0 Å². The third kappa shape index (κ3) is 15.0. The molecule has 0 fully saturated rings. The molecule has 8 heteroatoms. The Morgan fingerprint density at radius 2 is 1.50 bits per heavy atom. The molecule has 0 saturated carbocycles. The van der Waals surface area contributed by atoms with Crippen molar-refractivity contribution in [2.75, 3.05) is 25.9 Å². The van der Waals surface area contributed by atoms with Crippen LogP contribution in [0.4, 0.5) is 0 Å². The van der Waals surface area contributed by atoms with E-state index in [1.165, 1.54) is 25.7 Å². The molecule has 0 aliphatic rings. The van der Waals surface area contributed by atoms with Crippen LogP contribution in [0.2, 0.25) is 0 Å². The predicted octanol–water partition coefficient (Wildman–Crippen LogP) is 5.47. The number of carbonyl (C=O) groups excluding carboxylic acids is 2. The molecule has 1 atom stereocenters. The van der Waals surface area contributed by atoms with Crippen LogP contribution in [0, 0.1) is 5.92 Å². The van der Waals surface area contributed by atoms with E-state index in [9.17, 15) is 14.2 Å². The molecule has 0 bridgehead atoms. The van der Waals surface area contributed by atoms with Crippen LogP contribution in [0.15, 0.2) is 0 Å². The van der Waals surface area contributed by atoms with Crippen molar-refractivity contribution in [2.45, 2.75) is 98.5 Å². The second-order valence-electron chi connectivity index (χ2n) is 8.52. The van der Waals surface area contributed by atoms with Gasteiger partial charge in [0.05, 0.1) is 25.3 Å². The van der Waals surface area contributed by atoms with Gasteiger partial charge in [0.15, 0.2) is 0 Å². The van der Waals surface area contributed by atoms with Crippen LogP contribution in [0.1, 0.15) is 92.9 Å². The zero-order valence-corrected chi connectivity index (χ0v) is 20.9. The molecule has 1 unspecified atom stereocenters. The van der Waals surface area contributed by atoms with Gasteiger partial charge in [-0.05, 0) is 47.5 Å². The molecule has 0 aromatic rings. The van der Waals surface area contributed by atoms with E-state index in [4.69, 9.17) is 13.8 Å². The summed E-state index contributed by atoms with van der Waals surface area (Å²) in [7, 11) is -3.43. The largest absolute Gasteiger partial charge is 0.460 e. The number of hydrogen-bond acceptors (Lipinski definition) is 6. The number of carbonyl (C=O) groups is 2. The predicted molar refractivity (Wildman–Crippen MR) is 121 cm³/mol. The van der Waals surface area contributed by atoms with Crippen LogP contribution in [-0.4, -0.2) is 43.4 Å². The van der Waals surface area contributed by atoms with Crippen molar-refractivity contribution in [3.63, 3.8) is 0 Å². The molecule has 1 amide bonds. The quantitative estimate of drug-likeness (QED) is 0.180. The summed E-state index contributed by atoms with van der Waals surface area (Å²) in [4.78, 5) is 24.9. The van der Waals surface area contributed by atoms with Gasteiger partial charge in [-0.25, -0.2) is 0 Å². The lowest BCUT2D eigenvalue weighted by molar-refractivity contribution is -0.159. The van der Waals surface area contributed by atoms with Gasteiger partial charge in [-0.1, -0.05) is 39.0 Å². The molecule has 0 spiro atoms. The SMILES string of the molecule is CCCCCCCCNC(=O)CCC(CP(=O)(OCC)OCC)C(=O)OC(C)(C)C. The third-order valence-corrected chi connectivity index (χ3v) is 6.60. The lowest BCUT2D eigenvalue weighted by atomic mass is 10.0. The maximum atomic E-state index is 12.9. The highest BCUT2D eigenvalue weighted by Gasteiger charge is 2.35. The molecule has 0 heterocycles. The van der Waals surface area contributed by atoms with Gasteiger partial charge in [-0.15, -0.1) is 0 Å². The number of hydrogen-bond donors (Lipinski definition) is 1. The maximum Gasteiger partial charge on any atom is 0.331 e. The van der Waals surface area contributed by atoms with Gasteiger partial charge in [0.25, 0.3) is 0 Å². The summed E-state index contributed by atoms with van der Waals surface area (Å²) in [6.45, 7) is 12.0. The molecule has 7 nitrogen and oxygen atoms in total. The number of amides is 1. The zero-order chi connectivity index (χ0) is 23.0. The van der Waals surface area contributed by atoms with Gasteiger partial charge in [0.1, 0.15) is 5.60 Å². The molecular formula is C22H44NO6P. The third-order valence-electron chi connectivity index (χ3n) is 4.41. The van der Waals surface area contributed by atoms with Gasteiger partial charge >= 0.3 is 13.6 Å². The summed E-state index contributed by atoms with van der Waals surface area (Å²) in [6.07, 6.45) is 7.27. The molecule has 0 aliphatic carbocycles. The summed E-state index contributed by atoms with van der Waals surface area (Å²) in [5.74, 6) is -1.32. The molecule has 0 aliphatic heterocycles. The zero-order valence-electron chi connectivity index (χ0n) is 20.0. The van der Waals surface area contributed by atoms with E-state index in [0.29, 0.717) is 6.54 Å². The number of ether oxygens (including phenoxy) is 1. The lowest BCUT2D eigenvalue weighted by Crippen LogP contribution is -2.32. The second kappa shape index (κ2) is 15.8. The van der Waals surface area contributed by atoms with Crippen molar-refractivity contribution < 1.29 is 27.9 Å². The minimum Gasteiger partial charge on any atom is -0.460 e. The lowest BCUT2D eigenvalue weighted by Gasteiger charge is -2.26. The highest BCUT2D eigenvalue weighted by molar-refractivity contribution is 7.53. The summed E-state index contributed by atoms with van der Waals surface area (Å²) >= 11 is 0. The first-order valence-electron chi connectivity index (χ1n) is 11.4. The summed E-state index contributed by atoms with van der Waals surface area (Å²) < 4.78 is 29.0. The Balaban J connectivity index is 4.71. The van der Waals surface area contributed by atoms with E-state index in [1.54, 1.807) is 34.6 Å². The maximum absolute atomic E-state index is 12.9. The monoisotopic (exact) mass is 449 g/mol. The fourth-order valence-electron chi connectivity index (χ4n) is 3.00. The number of unbranched alkanes of at least 4 members (excludes halogenated alkanes) is 5. The van der Waals surface area contributed by atoms with Crippen LogP contribution in [0.5, 0.6) is 0 Å². The Kier molecular flexibility index (Phi) is 15.3. The van der Waals surface area contributed by atoms with Gasteiger partial charge in [-0.3, -0.25) is 14.2 Å². The molecule has 0 rings (SSSR count). The second-order valence-corrected chi connectivity index (χ2v) is 10.6. The van der Waals surface area contributed by atoms with Crippen LogP contribution >= 0.6 is 7.60 Å². The topological polar surface area (TPSA) is 90.9 Å². The van der Waals surface area contributed by atoms with Crippen molar-refractivity contribution in [3.05, 3.63) is 0 Å². The van der Waals surface area contributed by atoms with Crippen molar-refractivity contribution >= 4 is 19.5 Å². The van der Waals surface area contributed by atoms with Crippen molar-refractivity contribution in [1.82, 2.24) is 5.32 Å². The van der Waals surface area contributed by atoms with Gasteiger partial charge in [-0.2, -0.15) is 0 Å².